The van der Waals surface area contributed by atoms with Crippen LogP contribution in [-0.4, -0.2) is 21.7 Å². The van der Waals surface area contributed by atoms with Crippen molar-refractivity contribution in [2.75, 3.05) is 4.90 Å². The van der Waals surface area contributed by atoms with Crippen molar-refractivity contribution in [2.24, 2.45) is 0 Å². The van der Waals surface area contributed by atoms with E-state index >= 15 is 0 Å². The zero-order valence-corrected chi connectivity index (χ0v) is 17.3. The molecule has 0 saturated carbocycles. The summed E-state index contributed by atoms with van der Waals surface area (Å²) in [5.74, 6) is -1.95. The summed E-state index contributed by atoms with van der Waals surface area (Å²) in [6.07, 6.45) is -0.581. The number of nitro groups is 1. The van der Waals surface area contributed by atoms with E-state index < -0.39 is 34.5 Å². The third-order valence-corrected chi connectivity index (χ3v) is 5.79. The standard InChI is InChI=1S/C23H16ClFN2O5/c24-18-5-3-6-19(25)16(18)13-26-20-7-2-1-4-17(20)23(30,22(26)29)12-21(28)14-8-10-15(11-9-14)27(31)32/h1-11,30H,12-13H2. The van der Waals surface area contributed by atoms with Crippen molar-refractivity contribution >= 4 is 34.7 Å². The second-order valence-electron chi connectivity index (χ2n) is 7.37. The summed E-state index contributed by atoms with van der Waals surface area (Å²) in [6.45, 7) is -0.227. The number of hydrogen-bond acceptors (Lipinski definition) is 5. The Hall–Kier alpha value is -3.62. The quantitative estimate of drug-likeness (QED) is 0.338. The number of non-ortho nitro benzene ring substituents is 1. The topological polar surface area (TPSA) is 101 Å². The highest BCUT2D eigenvalue weighted by Crippen LogP contribution is 2.44. The maximum Gasteiger partial charge on any atom is 0.269 e. The van der Waals surface area contributed by atoms with Gasteiger partial charge in [0.15, 0.2) is 11.4 Å². The molecule has 0 radical (unpaired) electrons. The number of hydrogen-bond donors (Lipinski definition) is 1. The lowest BCUT2D eigenvalue weighted by Crippen LogP contribution is -2.41. The van der Waals surface area contributed by atoms with Gasteiger partial charge >= 0.3 is 0 Å². The van der Waals surface area contributed by atoms with Crippen LogP contribution in [0.5, 0.6) is 0 Å². The number of carbonyl (C=O) groups is 2. The van der Waals surface area contributed by atoms with Crippen molar-refractivity contribution in [3.8, 4) is 0 Å². The smallest absolute Gasteiger partial charge is 0.269 e. The van der Waals surface area contributed by atoms with Crippen LogP contribution in [0.4, 0.5) is 15.8 Å². The molecule has 0 bridgehead atoms. The van der Waals surface area contributed by atoms with Gasteiger partial charge in [-0.2, -0.15) is 0 Å². The number of rotatable bonds is 6. The highest BCUT2D eigenvalue weighted by atomic mass is 35.5. The Morgan fingerprint density at radius 1 is 1.09 bits per heavy atom. The molecule has 3 aromatic rings. The number of para-hydroxylation sites is 1. The molecule has 7 nitrogen and oxygen atoms in total. The number of nitrogens with zero attached hydrogens (tertiary/aromatic N) is 2. The van der Waals surface area contributed by atoms with Crippen molar-refractivity contribution in [3.63, 3.8) is 0 Å². The van der Waals surface area contributed by atoms with Crippen molar-refractivity contribution in [1.29, 1.82) is 0 Å². The molecule has 0 saturated heterocycles. The predicted molar refractivity (Wildman–Crippen MR) is 115 cm³/mol. The van der Waals surface area contributed by atoms with Crippen LogP contribution in [0.2, 0.25) is 5.02 Å². The van der Waals surface area contributed by atoms with Crippen LogP contribution in [-0.2, 0) is 16.9 Å². The minimum atomic E-state index is -2.17. The van der Waals surface area contributed by atoms with E-state index in [-0.39, 0.29) is 33.9 Å². The molecule has 0 aromatic heterocycles. The van der Waals surface area contributed by atoms with Crippen LogP contribution < -0.4 is 4.90 Å². The summed E-state index contributed by atoms with van der Waals surface area (Å²) < 4.78 is 14.3. The average molecular weight is 455 g/mol. The zero-order valence-electron chi connectivity index (χ0n) is 16.5. The summed E-state index contributed by atoms with van der Waals surface area (Å²) in [5, 5.41) is 22.3. The van der Waals surface area contributed by atoms with Crippen molar-refractivity contribution in [1.82, 2.24) is 0 Å². The zero-order chi connectivity index (χ0) is 23.0. The molecule has 32 heavy (non-hydrogen) atoms. The number of aliphatic hydroxyl groups is 1. The number of ketones is 1. The fraction of sp³-hybridized carbons (Fsp3) is 0.130. The lowest BCUT2D eigenvalue weighted by atomic mass is 9.88. The second kappa shape index (κ2) is 8.14. The fourth-order valence-electron chi connectivity index (χ4n) is 3.78. The Balaban J connectivity index is 1.67. The maximum absolute atomic E-state index is 14.3. The SMILES string of the molecule is O=C(CC1(O)C(=O)N(Cc2c(F)cccc2Cl)c2ccccc21)c1ccc([N+](=O)[O-])cc1. The molecule has 9 heteroatoms. The van der Waals surface area contributed by atoms with Gasteiger partial charge in [-0.3, -0.25) is 19.7 Å². The molecule has 1 heterocycles. The number of amides is 1. The summed E-state index contributed by atoms with van der Waals surface area (Å²) >= 11 is 6.11. The van der Waals surface area contributed by atoms with Crippen LogP contribution in [0, 0.1) is 15.9 Å². The molecule has 1 atom stereocenters. The van der Waals surface area contributed by atoms with Crippen LogP contribution in [0.25, 0.3) is 0 Å². The molecule has 0 spiro atoms. The second-order valence-corrected chi connectivity index (χ2v) is 7.78. The lowest BCUT2D eigenvalue weighted by molar-refractivity contribution is -0.384. The minimum absolute atomic E-state index is 0.0864. The fourth-order valence-corrected chi connectivity index (χ4v) is 4.00. The largest absolute Gasteiger partial charge is 0.375 e. The molecule has 1 amide bonds. The van der Waals surface area contributed by atoms with Gasteiger partial charge in [-0.15, -0.1) is 0 Å². The van der Waals surface area contributed by atoms with E-state index in [0.717, 1.165) is 0 Å². The van der Waals surface area contributed by atoms with Gasteiger partial charge in [0.2, 0.25) is 0 Å². The first-order valence-electron chi connectivity index (χ1n) is 9.57. The molecule has 3 aromatic carbocycles. The van der Waals surface area contributed by atoms with E-state index in [4.69, 9.17) is 11.6 Å². The highest BCUT2D eigenvalue weighted by Gasteiger charge is 2.51. The van der Waals surface area contributed by atoms with Gasteiger partial charge in [-0.1, -0.05) is 35.9 Å². The first kappa shape index (κ1) is 21.6. The van der Waals surface area contributed by atoms with E-state index in [0.29, 0.717) is 5.69 Å². The number of halogens is 2. The molecule has 1 aliphatic heterocycles. The van der Waals surface area contributed by atoms with Crippen LogP contribution in [0.15, 0.2) is 66.7 Å². The van der Waals surface area contributed by atoms with E-state index in [9.17, 15) is 29.2 Å². The molecule has 1 N–H and O–H groups in total. The number of carbonyl (C=O) groups excluding carboxylic acids is 2. The maximum atomic E-state index is 14.3. The summed E-state index contributed by atoms with van der Waals surface area (Å²) in [6, 6.07) is 15.4. The van der Waals surface area contributed by atoms with E-state index in [1.165, 1.54) is 53.4 Å². The molecule has 1 aliphatic rings. The molecule has 1 unspecified atom stereocenters. The van der Waals surface area contributed by atoms with Crippen LogP contribution in [0.3, 0.4) is 0 Å². The number of benzene rings is 3. The number of nitro benzene ring substituents is 1. The van der Waals surface area contributed by atoms with Gasteiger partial charge in [-0.25, -0.2) is 4.39 Å². The highest BCUT2D eigenvalue weighted by molar-refractivity contribution is 6.31. The van der Waals surface area contributed by atoms with Gasteiger partial charge in [-0.05, 0) is 30.3 Å². The minimum Gasteiger partial charge on any atom is -0.375 e. The van der Waals surface area contributed by atoms with E-state index in [1.54, 1.807) is 18.2 Å². The molecular weight excluding hydrogens is 439 g/mol. The molecule has 0 aliphatic carbocycles. The Kier molecular flexibility index (Phi) is 5.50. The van der Waals surface area contributed by atoms with Crippen molar-refractivity contribution in [3.05, 3.63) is 104 Å². The molecule has 162 valence electrons. The third kappa shape index (κ3) is 3.63. The Morgan fingerprint density at radius 3 is 2.44 bits per heavy atom. The third-order valence-electron chi connectivity index (χ3n) is 5.43. The van der Waals surface area contributed by atoms with Crippen molar-refractivity contribution < 1.29 is 24.0 Å². The normalized spacial score (nSPS) is 17.3. The number of anilines is 1. The summed E-state index contributed by atoms with van der Waals surface area (Å²) in [7, 11) is 0. The molecule has 0 fully saturated rings. The first-order valence-corrected chi connectivity index (χ1v) is 9.94. The van der Waals surface area contributed by atoms with E-state index in [1.807, 2.05) is 0 Å². The Morgan fingerprint density at radius 2 is 1.78 bits per heavy atom. The van der Waals surface area contributed by atoms with Crippen LogP contribution >= 0.6 is 11.6 Å². The Labute approximate surface area is 186 Å². The van der Waals surface area contributed by atoms with E-state index in [2.05, 4.69) is 0 Å². The number of fused-ring (bicyclic) bond motifs is 1. The molecular formula is C23H16ClFN2O5. The Bertz CT molecular complexity index is 1230. The van der Waals surface area contributed by atoms with Gasteiger partial charge in [0.25, 0.3) is 11.6 Å². The summed E-state index contributed by atoms with van der Waals surface area (Å²) in [4.78, 5) is 37.5. The first-order chi connectivity index (χ1) is 15.2. The lowest BCUT2D eigenvalue weighted by Gasteiger charge is -2.23. The molecule has 4 rings (SSSR count). The van der Waals surface area contributed by atoms with Gasteiger partial charge in [0.05, 0.1) is 23.6 Å². The number of Topliss-reactive ketones (excluding diaryl/α,β-unsaturated/α-hetero) is 1. The van der Waals surface area contributed by atoms with Gasteiger partial charge < -0.3 is 10.0 Å². The predicted octanol–water partition coefficient (Wildman–Crippen LogP) is 4.39. The van der Waals surface area contributed by atoms with Gasteiger partial charge in [0.1, 0.15) is 5.82 Å². The monoisotopic (exact) mass is 454 g/mol. The van der Waals surface area contributed by atoms with Crippen LogP contribution in [0.1, 0.15) is 27.9 Å². The van der Waals surface area contributed by atoms with Gasteiger partial charge in [0, 0.05) is 33.8 Å². The summed E-state index contributed by atoms with van der Waals surface area (Å²) in [5.41, 5.74) is -1.60. The average Bonchev–Trinajstić information content (AvgIpc) is 2.98. The van der Waals surface area contributed by atoms with Crippen molar-refractivity contribution in [2.45, 2.75) is 18.6 Å².